The number of hydrogen-bond donors (Lipinski definition) is 4. The topological polar surface area (TPSA) is 122 Å². The number of carboxylic acid groups (broad SMARTS) is 1. The molecule has 3 aliphatic heterocycles. The Labute approximate surface area is 210 Å². The molecule has 9 heteroatoms. The van der Waals surface area contributed by atoms with E-state index in [9.17, 15) is 24.6 Å². The Morgan fingerprint density at radius 2 is 1.89 bits per heavy atom. The molecule has 3 aliphatic rings. The van der Waals surface area contributed by atoms with Crippen molar-refractivity contribution in [2.45, 2.75) is 44.0 Å². The fourth-order valence-electron chi connectivity index (χ4n) is 5.63. The van der Waals surface area contributed by atoms with E-state index < -0.39 is 18.2 Å². The normalized spacial score (nSPS) is 22.8. The summed E-state index contributed by atoms with van der Waals surface area (Å²) in [5.41, 5.74) is 4.32. The minimum atomic E-state index is -1.11. The highest BCUT2D eigenvalue weighted by molar-refractivity contribution is 6.04. The summed E-state index contributed by atoms with van der Waals surface area (Å²) >= 11 is 0. The van der Waals surface area contributed by atoms with Crippen LogP contribution in [0, 0.1) is 0 Å². The molecule has 1 saturated heterocycles. The van der Waals surface area contributed by atoms with Gasteiger partial charge in [-0.1, -0.05) is 30.3 Å². The molecule has 190 valence electrons. The Hall–Kier alpha value is -3.27. The number of Topliss-reactive ketones (excluding diaryl/α,β-unsaturated/α-hetero) is 1. The highest BCUT2D eigenvalue weighted by Gasteiger charge is 2.34. The molecule has 2 amide bonds. The van der Waals surface area contributed by atoms with Gasteiger partial charge in [0.2, 0.25) is 0 Å². The van der Waals surface area contributed by atoms with Crippen LogP contribution >= 0.6 is 0 Å². The molecule has 0 aliphatic carbocycles. The number of carbonyl (C=O) groups excluding carboxylic acids is 2. The largest absolute Gasteiger partial charge is 0.465 e. The highest BCUT2D eigenvalue weighted by atomic mass is 16.4. The Morgan fingerprint density at radius 1 is 1.08 bits per heavy atom. The smallest absolute Gasteiger partial charge is 0.408 e. The van der Waals surface area contributed by atoms with Crippen LogP contribution in [0.4, 0.5) is 4.79 Å². The van der Waals surface area contributed by atoms with E-state index in [0.717, 1.165) is 25.1 Å². The summed E-state index contributed by atoms with van der Waals surface area (Å²) in [6, 6.07) is 12.3. The monoisotopic (exact) mass is 492 g/mol. The lowest BCUT2D eigenvalue weighted by Crippen LogP contribution is -2.56. The summed E-state index contributed by atoms with van der Waals surface area (Å²) in [7, 11) is 0. The first-order chi connectivity index (χ1) is 17.4. The molecule has 3 atom stereocenters. The molecule has 0 radical (unpaired) electrons. The van der Waals surface area contributed by atoms with Crippen molar-refractivity contribution in [1.82, 2.24) is 20.4 Å². The summed E-state index contributed by atoms with van der Waals surface area (Å²) < 4.78 is 0. The van der Waals surface area contributed by atoms with E-state index >= 15 is 0 Å². The van der Waals surface area contributed by atoms with Gasteiger partial charge in [0.15, 0.2) is 5.78 Å². The van der Waals surface area contributed by atoms with Crippen molar-refractivity contribution in [2.24, 2.45) is 0 Å². The molecular formula is C27H32N4O5. The molecule has 0 saturated carbocycles. The fourth-order valence-corrected chi connectivity index (χ4v) is 5.63. The van der Waals surface area contributed by atoms with Gasteiger partial charge >= 0.3 is 6.09 Å². The Bertz CT molecular complexity index is 1170. The second-order valence-corrected chi connectivity index (χ2v) is 9.95. The summed E-state index contributed by atoms with van der Waals surface area (Å²) in [5.74, 6) is -0.494. The molecule has 9 nitrogen and oxygen atoms in total. The van der Waals surface area contributed by atoms with E-state index in [2.05, 4.69) is 33.7 Å². The third-order valence-corrected chi connectivity index (χ3v) is 7.46. The van der Waals surface area contributed by atoms with Gasteiger partial charge in [0.1, 0.15) is 6.04 Å². The molecule has 3 unspecified atom stereocenters. The Kier molecular flexibility index (Phi) is 7.04. The standard InChI is InChI=1S/C27H32N4O5/c32-22(16-30-9-7-17-3-1-2-4-19(17)15-30)13-21-12-20-11-18(5-6-23(20)26(34)29-21)25(33)24-14-28-8-10-31(24)27(35)36/h1-6,11,21-22,24,28,32H,7-10,12-16H2,(H,29,34)(H,35,36). The first-order valence-electron chi connectivity index (χ1n) is 12.5. The molecule has 0 bridgehead atoms. The number of amides is 2. The van der Waals surface area contributed by atoms with E-state index in [-0.39, 0.29) is 30.8 Å². The van der Waals surface area contributed by atoms with Gasteiger partial charge in [0, 0.05) is 56.4 Å². The van der Waals surface area contributed by atoms with Crippen molar-refractivity contribution in [3.8, 4) is 0 Å². The number of aliphatic hydroxyl groups excluding tert-OH is 1. The third kappa shape index (κ3) is 5.13. The zero-order valence-electron chi connectivity index (χ0n) is 20.2. The van der Waals surface area contributed by atoms with Gasteiger partial charge in [0.05, 0.1) is 6.10 Å². The van der Waals surface area contributed by atoms with Gasteiger partial charge in [0.25, 0.3) is 5.91 Å². The number of ketones is 1. The lowest BCUT2D eigenvalue weighted by Gasteiger charge is -2.33. The van der Waals surface area contributed by atoms with E-state index in [4.69, 9.17) is 0 Å². The first kappa shape index (κ1) is 24.4. The van der Waals surface area contributed by atoms with Gasteiger partial charge in [-0.15, -0.1) is 0 Å². The Balaban J connectivity index is 1.23. The number of nitrogens with zero attached hydrogens (tertiary/aromatic N) is 2. The number of β-amino-alcohol motifs (C(OH)–C–C–N with tert-alkyl or cyclic N) is 1. The van der Waals surface area contributed by atoms with Gasteiger partial charge in [-0.3, -0.25) is 19.4 Å². The predicted octanol–water partition coefficient (Wildman–Crippen LogP) is 1.28. The fraction of sp³-hybridized carbons (Fsp3) is 0.444. The van der Waals surface area contributed by atoms with E-state index in [1.807, 2.05) is 6.07 Å². The van der Waals surface area contributed by atoms with Crippen LogP contribution in [-0.4, -0.2) is 88.7 Å². The molecule has 0 aromatic heterocycles. The van der Waals surface area contributed by atoms with Gasteiger partial charge in [-0.2, -0.15) is 0 Å². The van der Waals surface area contributed by atoms with Crippen LogP contribution in [0.3, 0.4) is 0 Å². The van der Waals surface area contributed by atoms with Gasteiger partial charge in [-0.25, -0.2) is 4.79 Å². The average Bonchev–Trinajstić information content (AvgIpc) is 2.87. The van der Waals surface area contributed by atoms with E-state index in [1.165, 1.54) is 16.0 Å². The van der Waals surface area contributed by atoms with Crippen molar-refractivity contribution < 1.29 is 24.6 Å². The predicted molar refractivity (Wildman–Crippen MR) is 133 cm³/mol. The molecule has 3 heterocycles. The zero-order valence-corrected chi connectivity index (χ0v) is 20.2. The van der Waals surface area contributed by atoms with E-state index in [1.54, 1.807) is 18.2 Å². The molecule has 4 N–H and O–H groups in total. The van der Waals surface area contributed by atoms with Gasteiger partial charge < -0.3 is 20.8 Å². The number of rotatable bonds is 6. The average molecular weight is 493 g/mol. The minimum absolute atomic E-state index is 0.217. The molecule has 0 spiro atoms. The van der Waals surface area contributed by atoms with Crippen molar-refractivity contribution in [3.05, 3.63) is 70.3 Å². The van der Waals surface area contributed by atoms with Crippen molar-refractivity contribution in [3.63, 3.8) is 0 Å². The maximum Gasteiger partial charge on any atom is 0.408 e. The third-order valence-electron chi connectivity index (χ3n) is 7.46. The lowest BCUT2D eigenvalue weighted by molar-refractivity contribution is 0.0739. The molecular weight excluding hydrogens is 460 g/mol. The van der Waals surface area contributed by atoms with Crippen LogP contribution in [0.1, 0.15) is 43.8 Å². The van der Waals surface area contributed by atoms with Crippen LogP contribution in [0.5, 0.6) is 0 Å². The Morgan fingerprint density at radius 3 is 2.69 bits per heavy atom. The number of fused-ring (bicyclic) bond motifs is 2. The van der Waals surface area contributed by atoms with Crippen LogP contribution in [0.15, 0.2) is 42.5 Å². The molecule has 5 rings (SSSR count). The van der Waals surface area contributed by atoms with Crippen LogP contribution in [-0.2, 0) is 19.4 Å². The maximum absolute atomic E-state index is 13.2. The zero-order chi connectivity index (χ0) is 25.2. The highest BCUT2D eigenvalue weighted by Crippen LogP contribution is 2.24. The number of piperazine rings is 1. The number of hydrogen-bond acceptors (Lipinski definition) is 6. The second kappa shape index (κ2) is 10.4. The summed E-state index contributed by atoms with van der Waals surface area (Å²) in [5, 5.41) is 26.4. The van der Waals surface area contributed by atoms with Crippen LogP contribution in [0.2, 0.25) is 0 Å². The summed E-state index contributed by atoms with van der Waals surface area (Å²) in [4.78, 5) is 40.9. The summed E-state index contributed by atoms with van der Waals surface area (Å²) in [6.07, 6.45) is 0.181. The van der Waals surface area contributed by atoms with Crippen LogP contribution in [0.25, 0.3) is 0 Å². The number of aliphatic hydroxyl groups is 1. The number of benzene rings is 2. The van der Waals surface area contributed by atoms with Crippen molar-refractivity contribution in [2.75, 3.05) is 32.7 Å². The number of nitrogens with one attached hydrogen (secondary N) is 2. The lowest BCUT2D eigenvalue weighted by atomic mass is 9.89. The van der Waals surface area contributed by atoms with Crippen LogP contribution < -0.4 is 10.6 Å². The molecule has 36 heavy (non-hydrogen) atoms. The first-order valence-corrected chi connectivity index (χ1v) is 12.5. The van der Waals surface area contributed by atoms with E-state index in [0.29, 0.717) is 37.1 Å². The number of carbonyl (C=O) groups is 3. The SMILES string of the molecule is O=C1NC(CC(O)CN2CCc3ccccc3C2)Cc2cc(C(=O)C3CNCCN3C(=O)O)ccc21. The van der Waals surface area contributed by atoms with Crippen molar-refractivity contribution >= 4 is 17.8 Å². The molecule has 1 fully saturated rings. The second-order valence-electron chi connectivity index (χ2n) is 9.95. The van der Waals surface area contributed by atoms with Crippen molar-refractivity contribution in [1.29, 1.82) is 0 Å². The summed E-state index contributed by atoms with van der Waals surface area (Å²) in [6.45, 7) is 3.26. The van der Waals surface area contributed by atoms with Gasteiger partial charge in [-0.05, 0) is 48.1 Å². The molecule has 2 aromatic rings. The quantitative estimate of drug-likeness (QED) is 0.448. The minimum Gasteiger partial charge on any atom is -0.465 e. The maximum atomic E-state index is 13.2. The molecule has 2 aromatic carbocycles.